The van der Waals surface area contributed by atoms with Gasteiger partial charge in [-0.05, 0) is 31.6 Å². The van der Waals surface area contributed by atoms with Crippen LogP contribution >= 0.6 is 12.2 Å². The first-order valence-corrected chi connectivity index (χ1v) is 6.71. The van der Waals surface area contributed by atoms with Crippen LogP contribution in [0.2, 0.25) is 0 Å². The molecule has 7 nitrogen and oxygen atoms in total. The summed E-state index contributed by atoms with van der Waals surface area (Å²) in [5, 5.41) is 17.0. The summed E-state index contributed by atoms with van der Waals surface area (Å²) in [4.78, 5) is 21.3. The Morgan fingerprint density at radius 3 is 2.81 bits per heavy atom. The van der Waals surface area contributed by atoms with Gasteiger partial charge in [-0.1, -0.05) is 6.07 Å². The molecule has 0 fully saturated rings. The number of ether oxygens (including phenoxy) is 1. The Bertz CT molecular complexity index is 548. The average molecular weight is 311 g/mol. The molecule has 0 aliphatic carbocycles. The van der Waals surface area contributed by atoms with Crippen molar-refractivity contribution >= 4 is 34.7 Å². The van der Waals surface area contributed by atoms with E-state index in [2.05, 4.69) is 15.4 Å². The van der Waals surface area contributed by atoms with Crippen LogP contribution in [-0.2, 0) is 9.53 Å². The predicted molar refractivity (Wildman–Crippen MR) is 83.3 cm³/mol. The molecule has 0 bridgehead atoms. The first-order valence-electron chi connectivity index (χ1n) is 6.30. The number of nitrogens with one attached hydrogen (secondary N) is 2. The maximum Gasteiger partial charge on any atom is 0.305 e. The zero-order valence-corrected chi connectivity index (χ0v) is 12.7. The number of methoxy groups -OCH3 is 1. The molecular weight excluding hydrogens is 294 g/mol. The van der Waals surface area contributed by atoms with Crippen LogP contribution in [0.4, 0.5) is 11.4 Å². The maximum atomic E-state index is 10.9. The van der Waals surface area contributed by atoms with Gasteiger partial charge in [0.15, 0.2) is 5.11 Å². The molecule has 1 aromatic rings. The standard InChI is InChI=1S/C13H17N3O4S/c1-9-5-6-10(8-11(9)16(18)19)15-13(21)14-7-3-4-12(17)20-2/h5-6,8H,3-4,7H2,1-2H3,(H2,14,15,21). The van der Waals surface area contributed by atoms with E-state index in [1.807, 2.05) is 0 Å². The van der Waals surface area contributed by atoms with Crippen LogP contribution in [0.1, 0.15) is 18.4 Å². The topological polar surface area (TPSA) is 93.5 Å². The van der Waals surface area contributed by atoms with Gasteiger partial charge in [-0.2, -0.15) is 0 Å². The minimum atomic E-state index is -0.437. The van der Waals surface area contributed by atoms with Crippen molar-refractivity contribution in [1.29, 1.82) is 0 Å². The number of benzene rings is 1. The summed E-state index contributed by atoms with van der Waals surface area (Å²) in [6, 6.07) is 4.79. The quantitative estimate of drug-likeness (QED) is 0.273. The summed E-state index contributed by atoms with van der Waals surface area (Å²) in [5.74, 6) is -0.273. The number of nitro groups is 1. The van der Waals surface area contributed by atoms with Crippen LogP contribution in [0, 0.1) is 17.0 Å². The van der Waals surface area contributed by atoms with Crippen molar-refractivity contribution in [3.05, 3.63) is 33.9 Å². The van der Waals surface area contributed by atoms with Gasteiger partial charge in [0.05, 0.1) is 12.0 Å². The third-order valence-electron chi connectivity index (χ3n) is 2.73. The molecule has 0 aliphatic rings. The van der Waals surface area contributed by atoms with Gasteiger partial charge in [0.25, 0.3) is 5.69 Å². The van der Waals surface area contributed by atoms with Gasteiger partial charge in [0.1, 0.15) is 0 Å². The second kappa shape index (κ2) is 8.15. The number of hydrogen-bond acceptors (Lipinski definition) is 5. The molecule has 8 heteroatoms. The molecule has 2 N–H and O–H groups in total. The van der Waals surface area contributed by atoms with E-state index in [-0.39, 0.29) is 11.7 Å². The maximum absolute atomic E-state index is 10.9. The highest BCUT2D eigenvalue weighted by molar-refractivity contribution is 7.80. The largest absolute Gasteiger partial charge is 0.469 e. The molecule has 1 rings (SSSR count). The minimum Gasteiger partial charge on any atom is -0.469 e. The second-order valence-electron chi connectivity index (χ2n) is 4.32. The molecule has 0 saturated carbocycles. The summed E-state index contributed by atoms with van der Waals surface area (Å²) in [6.07, 6.45) is 0.894. The highest BCUT2D eigenvalue weighted by Crippen LogP contribution is 2.22. The highest BCUT2D eigenvalue weighted by Gasteiger charge is 2.11. The Kier molecular flexibility index (Phi) is 6.54. The van der Waals surface area contributed by atoms with Crippen molar-refractivity contribution in [3.8, 4) is 0 Å². The molecule has 1 aromatic carbocycles. The number of thiocarbonyl (C=S) groups is 1. The van der Waals surface area contributed by atoms with Crippen molar-refractivity contribution in [2.45, 2.75) is 19.8 Å². The minimum absolute atomic E-state index is 0.0356. The predicted octanol–water partition coefficient (Wildman–Crippen LogP) is 2.14. The first kappa shape index (κ1) is 16.8. The van der Waals surface area contributed by atoms with E-state index in [4.69, 9.17) is 12.2 Å². The Balaban J connectivity index is 2.46. The lowest BCUT2D eigenvalue weighted by molar-refractivity contribution is -0.385. The van der Waals surface area contributed by atoms with Crippen LogP contribution in [0.15, 0.2) is 18.2 Å². The molecule has 0 saturated heterocycles. The molecule has 0 heterocycles. The van der Waals surface area contributed by atoms with Crippen molar-refractivity contribution in [2.75, 3.05) is 19.0 Å². The molecule has 21 heavy (non-hydrogen) atoms. The molecule has 0 spiro atoms. The molecule has 114 valence electrons. The van der Waals surface area contributed by atoms with Gasteiger partial charge in [-0.25, -0.2) is 0 Å². The Labute approximate surface area is 127 Å². The molecule has 0 atom stereocenters. The van der Waals surface area contributed by atoms with Crippen LogP contribution in [-0.4, -0.2) is 29.7 Å². The Morgan fingerprint density at radius 1 is 1.48 bits per heavy atom. The van der Waals surface area contributed by atoms with Gasteiger partial charge in [-0.3, -0.25) is 14.9 Å². The van der Waals surface area contributed by atoms with Gasteiger partial charge in [0, 0.05) is 30.3 Å². The van der Waals surface area contributed by atoms with E-state index in [0.717, 1.165) is 0 Å². The normalized spacial score (nSPS) is 9.81. The lowest BCUT2D eigenvalue weighted by atomic mass is 10.2. The second-order valence-corrected chi connectivity index (χ2v) is 4.73. The number of nitrogens with zero attached hydrogens (tertiary/aromatic N) is 1. The van der Waals surface area contributed by atoms with Gasteiger partial charge in [-0.15, -0.1) is 0 Å². The Hall–Kier alpha value is -2.22. The fourth-order valence-electron chi connectivity index (χ4n) is 1.60. The summed E-state index contributed by atoms with van der Waals surface area (Å²) in [7, 11) is 1.34. The van der Waals surface area contributed by atoms with Crippen LogP contribution < -0.4 is 10.6 Å². The third kappa shape index (κ3) is 5.74. The number of esters is 1. The molecular formula is C13H17N3O4S. The molecule has 0 unspecified atom stereocenters. The van der Waals surface area contributed by atoms with Crippen molar-refractivity contribution in [3.63, 3.8) is 0 Å². The molecule has 0 aromatic heterocycles. The Morgan fingerprint density at radius 2 is 2.19 bits per heavy atom. The average Bonchev–Trinajstić information content (AvgIpc) is 2.45. The SMILES string of the molecule is COC(=O)CCCNC(=S)Nc1ccc(C)c([N+](=O)[O-])c1. The van der Waals surface area contributed by atoms with Gasteiger partial charge >= 0.3 is 5.97 Å². The molecule has 0 aliphatic heterocycles. The van der Waals surface area contributed by atoms with E-state index in [1.165, 1.54) is 13.2 Å². The van der Waals surface area contributed by atoms with Crippen molar-refractivity contribution in [2.24, 2.45) is 0 Å². The first-order chi connectivity index (χ1) is 9.93. The summed E-state index contributed by atoms with van der Waals surface area (Å²) in [5.41, 5.74) is 1.16. The number of carbonyl (C=O) groups excluding carboxylic acids is 1. The van der Waals surface area contributed by atoms with Crippen LogP contribution in [0.3, 0.4) is 0 Å². The summed E-state index contributed by atoms with van der Waals surface area (Å²) >= 11 is 5.08. The third-order valence-corrected chi connectivity index (χ3v) is 2.98. The smallest absolute Gasteiger partial charge is 0.305 e. The van der Waals surface area contributed by atoms with Crippen LogP contribution in [0.5, 0.6) is 0 Å². The van der Waals surface area contributed by atoms with E-state index in [1.54, 1.807) is 19.1 Å². The van der Waals surface area contributed by atoms with Gasteiger partial charge < -0.3 is 15.4 Å². The number of nitro benzene ring substituents is 1. The zero-order valence-electron chi connectivity index (χ0n) is 11.8. The number of carbonyl (C=O) groups is 1. The molecule has 0 radical (unpaired) electrons. The monoisotopic (exact) mass is 311 g/mol. The summed E-state index contributed by atoms with van der Waals surface area (Å²) < 4.78 is 4.52. The zero-order chi connectivity index (χ0) is 15.8. The molecule has 0 amide bonds. The number of anilines is 1. The van der Waals surface area contributed by atoms with E-state index >= 15 is 0 Å². The number of hydrogen-bond donors (Lipinski definition) is 2. The number of aryl methyl sites for hydroxylation is 1. The van der Waals surface area contributed by atoms with E-state index in [0.29, 0.717) is 35.7 Å². The fourth-order valence-corrected chi connectivity index (χ4v) is 1.82. The van der Waals surface area contributed by atoms with Gasteiger partial charge in [0.2, 0.25) is 0 Å². The van der Waals surface area contributed by atoms with Crippen molar-refractivity contribution < 1.29 is 14.5 Å². The van der Waals surface area contributed by atoms with Crippen molar-refractivity contribution in [1.82, 2.24) is 5.32 Å². The number of rotatable bonds is 6. The lowest BCUT2D eigenvalue weighted by Gasteiger charge is -2.10. The van der Waals surface area contributed by atoms with Crippen LogP contribution in [0.25, 0.3) is 0 Å². The van der Waals surface area contributed by atoms with E-state index in [9.17, 15) is 14.9 Å². The fraction of sp³-hybridized carbons (Fsp3) is 0.385. The van der Waals surface area contributed by atoms with E-state index < -0.39 is 4.92 Å². The lowest BCUT2D eigenvalue weighted by Crippen LogP contribution is -2.29. The summed E-state index contributed by atoms with van der Waals surface area (Å²) in [6.45, 7) is 2.18. The highest BCUT2D eigenvalue weighted by atomic mass is 32.1.